The number of carbonyl (C=O) groups is 4. The third kappa shape index (κ3) is 28.8. The molecule has 5 atom stereocenters. The summed E-state index contributed by atoms with van der Waals surface area (Å²) in [5.41, 5.74) is 8.35. The molecule has 0 spiro atoms. The third-order valence-electron chi connectivity index (χ3n) is 19.5. The number of rotatable bonds is 23. The van der Waals surface area contributed by atoms with Gasteiger partial charge in [0.1, 0.15) is 34.8 Å². The quantitative estimate of drug-likeness (QED) is 0.0156. The first-order valence-corrected chi connectivity index (χ1v) is 50.3. The molecule has 0 N–H and O–H groups in total. The summed E-state index contributed by atoms with van der Waals surface area (Å²) in [4.78, 5) is 62.4. The lowest BCUT2D eigenvalue weighted by Gasteiger charge is -2.20. The molecule has 5 unspecified atom stereocenters. The van der Waals surface area contributed by atoms with E-state index in [1.54, 1.807) is 0 Å². The number of alkyl halides is 3. The average molecular weight is 2140 g/mol. The molecule has 16 heteroatoms. The second kappa shape index (κ2) is 45.5. The predicted octanol–water partition coefficient (Wildman–Crippen LogP) is 29.4. The summed E-state index contributed by atoms with van der Waals surface area (Å²) in [5, 5.41) is 0. The van der Waals surface area contributed by atoms with Gasteiger partial charge in [0.25, 0.3) is 0 Å². The summed E-state index contributed by atoms with van der Waals surface area (Å²) in [6.07, 6.45) is 0. The monoisotopic (exact) mass is 2140 g/mol. The molecule has 0 saturated heterocycles. The Bertz CT molecular complexity index is 5190. The van der Waals surface area contributed by atoms with Crippen molar-refractivity contribution in [1.82, 2.24) is 0 Å². The van der Waals surface area contributed by atoms with Crippen LogP contribution in [0, 0.1) is 0 Å². The highest BCUT2D eigenvalue weighted by molar-refractivity contribution is 14.1. The molecule has 0 aliphatic rings. The van der Waals surface area contributed by atoms with Crippen molar-refractivity contribution in [2.24, 2.45) is 0 Å². The van der Waals surface area contributed by atoms with Crippen LogP contribution in [-0.4, -0.2) is 35.7 Å². The Morgan fingerprint density at radius 2 is 0.421 bits per heavy atom. The van der Waals surface area contributed by atoms with Crippen LogP contribution < -0.4 is 18.9 Å². The summed E-state index contributed by atoms with van der Waals surface area (Å²) in [5.74, 6) is 2.73. The van der Waals surface area contributed by atoms with Crippen molar-refractivity contribution < 1.29 is 38.1 Å². The lowest BCUT2D eigenvalue weighted by molar-refractivity contribution is -0.134. The number of ether oxygens (including phenoxy) is 4. The van der Waals surface area contributed by atoms with Gasteiger partial charge in [-0.3, -0.25) is 14.4 Å². The van der Waals surface area contributed by atoms with Gasteiger partial charge in [0.15, 0.2) is 58.7 Å². The van der Waals surface area contributed by atoms with Gasteiger partial charge < -0.3 is 18.9 Å². The van der Waals surface area contributed by atoms with Crippen LogP contribution >= 0.6 is 90.4 Å². The summed E-state index contributed by atoms with van der Waals surface area (Å²) < 4.78 is 21.5. The molecule has 0 aliphatic heterocycles. The normalized spacial score (nSPS) is 12.8. The molecular formula is C105H112I4O8S4+4. The molecule has 12 aromatic rings. The molecular weight excluding hydrogens is 2030 g/mol. The topological polar surface area (TPSA) is 105 Å². The lowest BCUT2D eigenvalue weighted by Crippen LogP contribution is -2.17. The van der Waals surface area contributed by atoms with Gasteiger partial charge in [-0.25, -0.2) is 4.79 Å². The van der Waals surface area contributed by atoms with E-state index >= 15 is 0 Å². The van der Waals surface area contributed by atoms with Gasteiger partial charge in [-0.05, 0) is 305 Å². The van der Waals surface area contributed by atoms with E-state index in [1.165, 1.54) is 92.1 Å². The summed E-state index contributed by atoms with van der Waals surface area (Å²) >= 11 is 8.07. The van der Waals surface area contributed by atoms with E-state index in [2.05, 4.69) is 421 Å². The van der Waals surface area contributed by atoms with Crippen LogP contribution in [0.3, 0.4) is 0 Å². The number of esters is 4. The number of carbonyl (C=O) groups excluding carboxylic acids is 4. The first kappa shape index (κ1) is 97.4. The van der Waals surface area contributed by atoms with Gasteiger partial charge in [0, 0.05) is 0 Å². The largest absolute Gasteiger partial charge is 0.426 e. The molecule has 12 aromatic carbocycles. The van der Waals surface area contributed by atoms with Gasteiger partial charge in [0.05, 0.1) is 47.2 Å². The summed E-state index contributed by atoms with van der Waals surface area (Å²) in [6, 6.07) is 106. The Morgan fingerprint density at radius 3 is 0.587 bits per heavy atom. The Labute approximate surface area is 786 Å². The molecule has 0 saturated carbocycles. The van der Waals surface area contributed by atoms with Gasteiger partial charge in [-0.1, -0.05) is 287 Å². The van der Waals surface area contributed by atoms with Crippen molar-refractivity contribution in [3.8, 4) is 23.0 Å². The van der Waals surface area contributed by atoms with E-state index in [4.69, 9.17) is 18.9 Å². The maximum atomic E-state index is 11.9. The minimum Gasteiger partial charge on any atom is -0.426 e. The maximum Gasteiger partial charge on any atom is 0.349 e. The Hall–Kier alpha value is -7.42. The van der Waals surface area contributed by atoms with E-state index in [-0.39, 0.29) is 89.5 Å². The van der Waals surface area contributed by atoms with E-state index in [0.29, 0.717) is 44.3 Å². The fourth-order valence-electron chi connectivity index (χ4n) is 12.3. The van der Waals surface area contributed by atoms with Gasteiger partial charge >= 0.3 is 23.9 Å². The predicted molar refractivity (Wildman–Crippen MR) is 540 cm³/mol. The lowest BCUT2D eigenvalue weighted by atomic mass is 9.87. The van der Waals surface area contributed by atoms with Gasteiger partial charge in [-0.15, -0.1) is 0 Å². The second-order valence-corrected chi connectivity index (χ2v) is 48.2. The third-order valence-corrected chi connectivity index (χ3v) is 30.4. The molecule has 0 heterocycles. The first-order chi connectivity index (χ1) is 57.3. The van der Waals surface area contributed by atoms with E-state index in [9.17, 15) is 19.2 Å². The van der Waals surface area contributed by atoms with Crippen LogP contribution in [0.15, 0.2) is 372 Å². The molecule has 0 bridgehead atoms. The zero-order valence-electron chi connectivity index (χ0n) is 72.4. The maximum absolute atomic E-state index is 11.9. The number of hydrogen-bond donors (Lipinski definition) is 0. The zero-order chi connectivity index (χ0) is 88.0. The molecule has 0 aromatic heterocycles. The average Bonchev–Trinajstić information content (AvgIpc) is 0.814. The molecule has 0 fully saturated rings. The highest BCUT2D eigenvalue weighted by Crippen LogP contribution is 2.40. The Morgan fingerprint density at radius 1 is 0.256 bits per heavy atom. The van der Waals surface area contributed by atoms with Crippen LogP contribution in [-0.2, 0) is 79.0 Å². The van der Waals surface area contributed by atoms with Crippen molar-refractivity contribution >= 4 is 158 Å². The van der Waals surface area contributed by atoms with Gasteiger partial charge in [0.2, 0.25) is 0 Å². The van der Waals surface area contributed by atoms with Crippen LogP contribution in [0.5, 0.6) is 23.0 Å². The highest BCUT2D eigenvalue weighted by atomic mass is 127. The Balaban J connectivity index is 0.000000184. The zero-order valence-corrected chi connectivity index (χ0v) is 84.3. The standard InChI is InChI=1S/C29H32IO2S.C27H30IO2S.C25H26IO2S.C24H24IO2S/c1-20(30)27(31)32-23-12-18-26(19-13-23)33(24-14-8-21(9-15-24)28(2,3)4)25-16-10-22(11-17-25)29(5,6)7;1-18(2)21-6-12-24(13-7-21)31(25-14-8-22(9-15-25)19(3)4)26-16-10-23(11-17-26)30-27(29)20(5)28;1-18(26)24(27)28-20-12-16-23(17-13-20)29(21-8-6-5-7-9-21)22-14-10-19(11-15-22)25(2,3)4;1-17(2)19-9-13-22(14-10-19)28(21-7-5-4-6-8-21)23-15-11-20(12-16-23)27-24(26)18(3)25/h8-19H,1H2,2-7H3;6-20H,1-5H3;5-18H,1-4H3;4-18H,1-3H3/q4*+1. The van der Waals surface area contributed by atoms with E-state index < -0.39 is 5.97 Å². The first-order valence-electron chi connectivity index (χ1n) is 40.6. The number of halogens is 4. The fourth-order valence-corrected chi connectivity index (χ4v) is 21.0. The van der Waals surface area contributed by atoms with Crippen molar-refractivity contribution in [2.75, 3.05) is 0 Å². The smallest absolute Gasteiger partial charge is 0.349 e. The van der Waals surface area contributed by atoms with Crippen molar-refractivity contribution in [1.29, 1.82) is 0 Å². The molecule has 0 radical (unpaired) electrons. The molecule has 8 nitrogen and oxygen atoms in total. The van der Waals surface area contributed by atoms with Gasteiger partial charge in [-0.2, -0.15) is 0 Å². The van der Waals surface area contributed by atoms with E-state index in [0.717, 1.165) is 0 Å². The van der Waals surface area contributed by atoms with Crippen molar-refractivity contribution in [2.45, 2.75) is 229 Å². The van der Waals surface area contributed by atoms with E-state index in [1.807, 2.05) is 104 Å². The molecule has 121 heavy (non-hydrogen) atoms. The Kier molecular flexibility index (Phi) is 36.6. The molecule has 0 amide bonds. The summed E-state index contributed by atoms with van der Waals surface area (Å²) in [7, 11) is -0.933. The molecule has 12 rings (SSSR count). The minimum absolute atomic E-state index is 0.111. The minimum atomic E-state index is -0.419. The van der Waals surface area contributed by atoms with Crippen molar-refractivity contribution in [3.63, 3.8) is 0 Å². The fraction of sp³-hybridized carbons (Fsp3) is 0.257. The molecule has 0 aliphatic carbocycles. The van der Waals surface area contributed by atoms with Crippen molar-refractivity contribution in [3.05, 3.63) is 347 Å². The number of hydrogen-bond acceptors (Lipinski definition) is 8. The molecule has 628 valence electrons. The summed E-state index contributed by atoms with van der Waals surface area (Å²) in [6.45, 7) is 42.5. The van der Waals surface area contributed by atoms with Crippen LogP contribution in [0.2, 0.25) is 0 Å². The highest BCUT2D eigenvalue weighted by Gasteiger charge is 2.35. The van der Waals surface area contributed by atoms with Crippen LogP contribution in [0.25, 0.3) is 0 Å². The van der Waals surface area contributed by atoms with Crippen LogP contribution in [0.1, 0.15) is 176 Å². The SMILES string of the molecule is C=C(I)C(=O)Oc1ccc([S+](c2ccc(C(C)(C)C)cc2)c2ccc(C(C)(C)C)cc2)cc1.CC(I)C(=O)Oc1ccc([S+](c2ccc(C(C)C)cc2)c2ccc(C(C)C)cc2)cc1.CC(I)C(=O)Oc1ccc([S+](c2ccccc2)c2ccc(C(C)(C)C)cc2)cc1.CC(I)C(=O)Oc1ccc([S+](c2ccccc2)c2ccc(C(C)C)cc2)cc1. The van der Waals surface area contributed by atoms with Crippen LogP contribution in [0.4, 0.5) is 0 Å². The number of benzene rings is 12. The second-order valence-electron chi connectivity index (χ2n) is 33.1.